The Morgan fingerprint density at radius 1 is 0.333 bits per heavy atom. The van der Waals surface area contributed by atoms with Crippen molar-refractivity contribution in [3.05, 3.63) is 182 Å². The molecule has 0 aliphatic carbocycles. The van der Waals surface area contributed by atoms with E-state index in [2.05, 4.69) is 182 Å². The minimum atomic E-state index is 0.933. The molecule has 54 heavy (non-hydrogen) atoms. The van der Waals surface area contributed by atoms with Gasteiger partial charge in [-0.05, 0) is 107 Å². The summed E-state index contributed by atoms with van der Waals surface area (Å²) in [5.41, 5.74) is 9.41. The van der Waals surface area contributed by atoms with Crippen LogP contribution in [-0.2, 0) is 0 Å². The molecule has 0 amide bonds. The number of rotatable bonds is 3. The molecule has 0 saturated carbocycles. The Labute approximate surface area is 314 Å². The molecule has 250 valence electrons. The first-order chi connectivity index (χ1) is 26.8. The van der Waals surface area contributed by atoms with Gasteiger partial charge in [0.15, 0.2) is 5.58 Å². The van der Waals surface area contributed by atoms with Gasteiger partial charge < -0.3 is 4.42 Å². The molecule has 0 atom stereocenters. The van der Waals surface area contributed by atoms with Crippen molar-refractivity contribution in [3.63, 3.8) is 0 Å². The van der Waals surface area contributed by atoms with E-state index >= 15 is 0 Å². The third-order valence-corrected chi connectivity index (χ3v) is 12.6. The first-order valence-corrected chi connectivity index (χ1v) is 19.3. The standard InChI is InChI=1S/C52H30OS/c1-2-12-31(13-3-1)49-39-17-6-8-19-41(39)50(42-20-9-7-18-40(42)49)43-25-24-35(36-14-4-5-15-37(36)43)33-23-22-32-30-47-46(29-34(32)28-33)44-26-27-45-38-16-10-11-21-48(38)54-52(45)51(44)53-47/h1-30H. The highest BCUT2D eigenvalue weighted by atomic mass is 32.1. The van der Waals surface area contributed by atoms with Crippen molar-refractivity contribution >= 4 is 96.5 Å². The van der Waals surface area contributed by atoms with Crippen LogP contribution in [0.15, 0.2) is 186 Å². The lowest BCUT2D eigenvalue weighted by Crippen LogP contribution is -1.92. The van der Waals surface area contributed by atoms with Gasteiger partial charge in [0.05, 0.1) is 4.70 Å². The summed E-state index contributed by atoms with van der Waals surface area (Å²) in [7, 11) is 0. The topological polar surface area (TPSA) is 13.1 Å². The molecule has 0 saturated heterocycles. The Hall–Kier alpha value is -6.74. The Balaban J connectivity index is 1.06. The largest absolute Gasteiger partial charge is 0.455 e. The molecule has 12 aromatic rings. The van der Waals surface area contributed by atoms with Crippen molar-refractivity contribution in [3.8, 4) is 33.4 Å². The van der Waals surface area contributed by atoms with Crippen LogP contribution in [0.2, 0.25) is 0 Å². The summed E-state index contributed by atoms with van der Waals surface area (Å²) < 4.78 is 9.14. The van der Waals surface area contributed by atoms with Gasteiger partial charge in [0, 0.05) is 26.2 Å². The van der Waals surface area contributed by atoms with Crippen molar-refractivity contribution in [2.45, 2.75) is 0 Å². The number of hydrogen-bond acceptors (Lipinski definition) is 2. The maximum absolute atomic E-state index is 6.64. The Kier molecular flexibility index (Phi) is 6.28. The second-order valence-electron chi connectivity index (χ2n) is 14.3. The molecule has 2 heterocycles. The lowest BCUT2D eigenvalue weighted by molar-refractivity contribution is 0.674. The third kappa shape index (κ3) is 4.26. The zero-order chi connectivity index (χ0) is 35.3. The molecule has 12 rings (SSSR count). The van der Waals surface area contributed by atoms with Crippen LogP contribution >= 0.6 is 11.3 Å². The molecule has 0 bridgehead atoms. The smallest absolute Gasteiger partial charge is 0.153 e. The average Bonchev–Trinajstić information content (AvgIpc) is 3.80. The molecular formula is C52H30OS. The first kappa shape index (κ1) is 29.8. The number of benzene rings is 10. The molecule has 0 unspecified atom stereocenters. The van der Waals surface area contributed by atoms with Crippen LogP contribution in [0.4, 0.5) is 0 Å². The van der Waals surface area contributed by atoms with E-state index in [-0.39, 0.29) is 0 Å². The maximum Gasteiger partial charge on any atom is 0.153 e. The van der Waals surface area contributed by atoms with Crippen LogP contribution in [0, 0.1) is 0 Å². The normalized spacial score (nSPS) is 12.1. The molecule has 0 spiro atoms. The molecule has 2 aromatic heterocycles. The zero-order valence-corrected chi connectivity index (χ0v) is 30.0. The van der Waals surface area contributed by atoms with Gasteiger partial charge in [-0.2, -0.15) is 0 Å². The second-order valence-corrected chi connectivity index (χ2v) is 15.4. The number of hydrogen-bond donors (Lipinski definition) is 0. The fraction of sp³-hybridized carbons (Fsp3) is 0. The quantitative estimate of drug-likeness (QED) is 0.167. The highest BCUT2D eigenvalue weighted by Crippen LogP contribution is 2.47. The minimum Gasteiger partial charge on any atom is -0.455 e. The fourth-order valence-corrected chi connectivity index (χ4v) is 10.2. The monoisotopic (exact) mass is 702 g/mol. The number of furan rings is 1. The highest BCUT2D eigenvalue weighted by Gasteiger charge is 2.20. The first-order valence-electron chi connectivity index (χ1n) is 18.5. The molecule has 0 N–H and O–H groups in total. The van der Waals surface area contributed by atoms with Gasteiger partial charge in [-0.1, -0.05) is 152 Å². The summed E-state index contributed by atoms with van der Waals surface area (Å²) in [5, 5.41) is 14.8. The summed E-state index contributed by atoms with van der Waals surface area (Å²) in [6, 6.07) is 66.8. The van der Waals surface area contributed by atoms with Crippen LogP contribution < -0.4 is 0 Å². The third-order valence-electron chi connectivity index (χ3n) is 11.4. The lowest BCUT2D eigenvalue weighted by atomic mass is 9.84. The van der Waals surface area contributed by atoms with E-state index in [9.17, 15) is 0 Å². The Morgan fingerprint density at radius 3 is 1.67 bits per heavy atom. The molecule has 0 radical (unpaired) electrons. The van der Waals surface area contributed by atoms with Crippen LogP contribution in [0.1, 0.15) is 0 Å². The highest BCUT2D eigenvalue weighted by molar-refractivity contribution is 7.26. The summed E-state index contributed by atoms with van der Waals surface area (Å²) in [6.45, 7) is 0. The van der Waals surface area contributed by atoms with E-state index in [1.165, 1.54) is 102 Å². The van der Waals surface area contributed by atoms with E-state index in [4.69, 9.17) is 4.42 Å². The van der Waals surface area contributed by atoms with Gasteiger partial charge in [0.25, 0.3) is 0 Å². The van der Waals surface area contributed by atoms with Crippen molar-refractivity contribution in [2.24, 2.45) is 0 Å². The second kappa shape index (κ2) is 11.4. The molecule has 2 heteroatoms. The van der Waals surface area contributed by atoms with E-state index in [0.717, 1.165) is 16.6 Å². The van der Waals surface area contributed by atoms with Crippen molar-refractivity contribution < 1.29 is 4.42 Å². The summed E-state index contributed by atoms with van der Waals surface area (Å²) in [6.07, 6.45) is 0. The lowest BCUT2D eigenvalue weighted by Gasteiger charge is -2.19. The van der Waals surface area contributed by atoms with Gasteiger partial charge >= 0.3 is 0 Å². The van der Waals surface area contributed by atoms with Gasteiger partial charge in [-0.3, -0.25) is 0 Å². The van der Waals surface area contributed by atoms with Crippen molar-refractivity contribution in [1.82, 2.24) is 0 Å². The Morgan fingerprint density at radius 2 is 0.926 bits per heavy atom. The van der Waals surface area contributed by atoms with Crippen molar-refractivity contribution in [2.75, 3.05) is 0 Å². The van der Waals surface area contributed by atoms with E-state index in [1.54, 1.807) is 0 Å². The molecule has 1 nitrogen and oxygen atoms in total. The fourth-order valence-electron chi connectivity index (χ4n) is 9.03. The maximum atomic E-state index is 6.64. The average molecular weight is 703 g/mol. The minimum absolute atomic E-state index is 0.933. The molecule has 0 aliphatic rings. The van der Waals surface area contributed by atoms with Crippen molar-refractivity contribution in [1.29, 1.82) is 0 Å². The molecule has 10 aromatic carbocycles. The number of thiophene rings is 1. The van der Waals surface area contributed by atoms with Gasteiger partial charge in [0.2, 0.25) is 0 Å². The van der Waals surface area contributed by atoms with E-state index in [1.807, 2.05) is 11.3 Å². The van der Waals surface area contributed by atoms with Crippen LogP contribution in [0.25, 0.3) is 119 Å². The van der Waals surface area contributed by atoms with Crippen LogP contribution in [-0.4, -0.2) is 0 Å². The predicted octanol–water partition coefficient (Wildman–Crippen LogP) is 15.6. The summed E-state index contributed by atoms with van der Waals surface area (Å²) in [5.74, 6) is 0. The predicted molar refractivity (Wildman–Crippen MR) is 233 cm³/mol. The van der Waals surface area contributed by atoms with E-state index < -0.39 is 0 Å². The van der Waals surface area contributed by atoms with Crippen LogP contribution in [0.3, 0.4) is 0 Å². The number of fused-ring (bicyclic) bond motifs is 11. The van der Waals surface area contributed by atoms with E-state index in [0.29, 0.717) is 0 Å². The zero-order valence-electron chi connectivity index (χ0n) is 29.1. The Bertz CT molecular complexity index is 3440. The van der Waals surface area contributed by atoms with Gasteiger partial charge in [-0.25, -0.2) is 0 Å². The molecular weight excluding hydrogens is 673 g/mol. The SMILES string of the molecule is c1ccc(-c2c3ccccc3c(-c3ccc(-c4ccc5cc6oc7c(ccc8c9ccccc9sc87)c6cc5c4)c4ccccc34)c3ccccc23)cc1. The molecule has 0 fully saturated rings. The van der Waals surface area contributed by atoms with Gasteiger partial charge in [0.1, 0.15) is 5.58 Å². The summed E-state index contributed by atoms with van der Waals surface area (Å²) in [4.78, 5) is 0. The molecule has 0 aliphatic heterocycles. The van der Waals surface area contributed by atoms with Gasteiger partial charge in [-0.15, -0.1) is 11.3 Å². The van der Waals surface area contributed by atoms with Crippen LogP contribution in [0.5, 0.6) is 0 Å². The summed E-state index contributed by atoms with van der Waals surface area (Å²) >= 11 is 1.82.